The fourth-order valence-electron chi connectivity index (χ4n) is 3.77. The molecule has 0 atom stereocenters. The van der Waals surface area contributed by atoms with Gasteiger partial charge in [-0.1, -0.05) is 18.2 Å². The van der Waals surface area contributed by atoms with E-state index in [1.807, 2.05) is 48.1 Å². The average Bonchev–Trinajstić information content (AvgIpc) is 3.19. The van der Waals surface area contributed by atoms with Crippen molar-refractivity contribution in [2.45, 2.75) is 0 Å². The number of aromatic hydroxyl groups is 2. The molecule has 29 heavy (non-hydrogen) atoms. The topological polar surface area (TPSA) is 84.6 Å². The van der Waals surface area contributed by atoms with Crippen LogP contribution >= 0.6 is 0 Å². The van der Waals surface area contributed by atoms with Crippen molar-refractivity contribution >= 4 is 22.8 Å². The minimum absolute atomic E-state index is 0.0572. The number of aromatic nitrogens is 2. The zero-order chi connectivity index (χ0) is 20.1. The normalized spacial score (nSPS) is 14.4. The lowest BCUT2D eigenvalue weighted by atomic mass is 9.99. The summed E-state index contributed by atoms with van der Waals surface area (Å²) in [6.45, 7) is 0. The van der Waals surface area contributed by atoms with Crippen molar-refractivity contribution in [1.82, 2.24) is 9.55 Å². The van der Waals surface area contributed by atoms with Gasteiger partial charge in [0.1, 0.15) is 22.8 Å². The minimum Gasteiger partial charge on any atom is -0.508 e. The average molecular weight is 384 g/mol. The van der Waals surface area contributed by atoms with Gasteiger partial charge < -0.3 is 19.5 Å². The number of phenolic OH excluding ortho intramolecular Hbond substituents is 2. The highest BCUT2D eigenvalue weighted by Gasteiger charge is 2.31. The van der Waals surface area contributed by atoms with E-state index in [4.69, 9.17) is 4.74 Å². The Kier molecular flexibility index (Phi) is 3.67. The molecule has 5 rings (SSSR count). The zero-order valence-corrected chi connectivity index (χ0v) is 15.5. The molecule has 0 bridgehead atoms. The van der Waals surface area contributed by atoms with Crippen molar-refractivity contribution in [2.75, 3.05) is 0 Å². The number of carbonyl (C=O) groups excluding carboxylic acids is 1. The molecule has 2 aromatic carbocycles. The summed E-state index contributed by atoms with van der Waals surface area (Å²) in [6.07, 6.45) is 7.11. The first-order valence-corrected chi connectivity index (χ1v) is 9.01. The number of rotatable bonds is 2. The third-order valence-electron chi connectivity index (χ3n) is 5.04. The van der Waals surface area contributed by atoms with Crippen molar-refractivity contribution in [1.29, 1.82) is 0 Å². The second-order valence-corrected chi connectivity index (χ2v) is 6.91. The summed E-state index contributed by atoms with van der Waals surface area (Å²) < 4.78 is 7.64. The smallest absolute Gasteiger partial charge is 0.235 e. The number of aryl methyl sites for hydroxylation is 1. The highest BCUT2D eigenvalue weighted by Crippen LogP contribution is 2.41. The van der Waals surface area contributed by atoms with E-state index in [0.29, 0.717) is 0 Å². The summed E-state index contributed by atoms with van der Waals surface area (Å²) in [5.41, 5.74) is 3.82. The number of fused-ring (bicyclic) bond motifs is 2. The highest BCUT2D eigenvalue weighted by atomic mass is 16.5. The molecule has 0 radical (unpaired) electrons. The first kappa shape index (κ1) is 17.1. The van der Waals surface area contributed by atoms with Crippen LogP contribution in [0.5, 0.6) is 17.2 Å². The summed E-state index contributed by atoms with van der Waals surface area (Å²) in [4.78, 5) is 17.0. The molecule has 2 N–H and O–H groups in total. The van der Waals surface area contributed by atoms with Crippen LogP contribution in [0.1, 0.15) is 15.9 Å². The van der Waals surface area contributed by atoms with Crippen LogP contribution in [-0.4, -0.2) is 25.5 Å². The van der Waals surface area contributed by atoms with Crippen molar-refractivity contribution < 1.29 is 19.7 Å². The van der Waals surface area contributed by atoms with E-state index < -0.39 is 5.78 Å². The summed E-state index contributed by atoms with van der Waals surface area (Å²) in [6, 6.07) is 12.3. The van der Waals surface area contributed by atoms with Gasteiger partial charge in [-0.2, -0.15) is 0 Å². The predicted octanol–water partition coefficient (Wildman–Crippen LogP) is 4.27. The predicted molar refractivity (Wildman–Crippen MR) is 109 cm³/mol. The number of hydrogen-bond donors (Lipinski definition) is 2. The number of Topliss-reactive ketones (excluding diaryl/α,β-unsaturated/α-hetero) is 1. The van der Waals surface area contributed by atoms with Gasteiger partial charge in [-0.15, -0.1) is 0 Å². The largest absolute Gasteiger partial charge is 0.508 e. The molecule has 6 nitrogen and oxygen atoms in total. The van der Waals surface area contributed by atoms with Crippen LogP contribution in [0.3, 0.4) is 0 Å². The minimum atomic E-state index is -0.423. The van der Waals surface area contributed by atoms with Crippen LogP contribution in [-0.2, 0) is 7.05 Å². The molecule has 0 amide bonds. The lowest BCUT2D eigenvalue weighted by Crippen LogP contribution is -1.98. The molecular formula is C23H16N2O4. The molecule has 1 aliphatic heterocycles. The van der Waals surface area contributed by atoms with Gasteiger partial charge >= 0.3 is 0 Å². The maximum atomic E-state index is 12.8. The third kappa shape index (κ3) is 2.65. The molecule has 3 heterocycles. The van der Waals surface area contributed by atoms with Gasteiger partial charge in [0.2, 0.25) is 5.78 Å². The van der Waals surface area contributed by atoms with E-state index in [-0.39, 0.29) is 28.6 Å². The summed E-state index contributed by atoms with van der Waals surface area (Å²) in [5.74, 6) is -0.657. The van der Waals surface area contributed by atoms with Crippen molar-refractivity contribution in [3.63, 3.8) is 0 Å². The molecule has 0 unspecified atom stereocenters. The molecule has 142 valence electrons. The van der Waals surface area contributed by atoms with Crippen LogP contribution < -0.4 is 4.74 Å². The molecule has 0 saturated carbocycles. The van der Waals surface area contributed by atoms with Crippen LogP contribution in [0.2, 0.25) is 0 Å². The van der Waals surface area contributed by atoms with Crippen LogP contribution in [0.4, 0.5) is 0 Å². The molecule has 4 aromatic rings. The molecule has 2 aromatic heterocycles. The number of ether oxygens (including phenoxy) is 1. The van der Waals surface area contributed by atoms with Gasteiger partial charge in [-0.05, 0) is 23.8 Å². The Morgan fingerprint density at radius 2 is 2.00 bits per heavy atom. The number of phenols is 2. The molecule has 0 saturated heterocycles. The van der Waals surface area contributed by atoms with Gasteiger partial charge in [-0.25, -0.2) is 0 Å². The first-order valence-electron chi connectivity index (χ1n) is 9.01. The van der Waals surface area contributed by atoms with Gasteiger partial charge in [0.15, 0.2) is 5.76 Å². The monoisotopic (exact) mass is 384 g/mol. The molecule has 1 aliphatic rings. The Hall–Kier alpha value is -4.06. The highest BCUT2D eigenvalue weighted by molar-refractivity contribution is 6.17. The van der Waals surface area contributed by atoms with Crippen LogP contribution in [0.25, 0.3) is 28.1 Å². The van der Waals surface area contributed by atoms with Gasteiger partial charge in [0, 0.05) is 59.8 Å². The molecule has 0 aliphatic carbocycles. The molecule has 0 fully saturated rings. The summed E-state index contributed by atoms with van der Waals surface area (Å²) in [5, 5.41) is 20.7. The van der Waals surface area contributed by atoms with E-state index in [9.17, 15) is 15.0 Å². The fraction of sp³-hybridized carbons (Fsp3) is 0.0435. The third-order valence-corrected chi connectivity index (χ3v) is 5.04. The second kappa shape index (κ2) is 6.24. The Morgan fingerprint density at radius 3 is 2.79 bits per heavy atom. The van der Waals surface area contributed by atoms with Crippen molar-refractivity contribution in [3.05, 3.63) is 77.9 Å². The number of nitrogens with zero attached hydrogens (tertiary/aromatic N) is 2. The number of carbonyl (C=O) groups is 1. The van der Waals surface area contributed by atoms with Crippen LogP contribution in [0.15, 0.2) is 66.8 Å². The zero-order valence-electron chi connectivity index (χ0n) is 15.5. The number of benzene rings is 2. The quantitative estimate of drug-likeness (QED) is 0.504. The standard InChI is InChI=1S/C23H16N2O4/c1-25-12-14(8-20-23(28)22-18(27)9-15(26)10-19(22)29-20)21-16(5-2-6-17(21)25)13-4-3-7-24-11-13/h2-12,26-27H,1H3/b20-8-. The Morgan fingerprint density at radius 1 is 1.14 bits per heavy atom. The van der Waals surface area contributed by atoms with E-state index >= 15 is 0 Å². The SMILES string of the molecule is Cn1cc(/C=C2\Oc3cc(O)cc(O)c3C2=O)c2c(-c3cccnc3)cccc21. The number of allylic oxidation sites excluding steroid dienone is 1. The molecular weight excluding hydrogens is 368 g/mol. The lowest BCUT2D eigenvalue weighted by molar-refractivity contribution is 0.101. The van der Waals surface area contributed by atoms with Gasteiger partial charge in [0.25, 0.3) is 0 Å². The molecule has 6 heteroatoms. The summed E-state index contributed by atoms with van der Waals surface area (Å²) in [7, 11) is 1.94. The Balaban J connectivity index is 1.69. The number of hydrogen-bond acceptors (Lipinski definition) is 5. The Bertz CT molecular complexity index is 1320. The maximum Gasteiger partial charge on any atom is 0.235 e. The number of pyridine rings is 1. The summed E-state index contributed by atoms with van der Waals surface area (Å²) >= 11 is 0. The van der Waals surface area contributed by atoms with E-state index in [2.05, 4.69) is 4.98 Å². The van der Waals surface area contributed by atoms with E-state index in [1.54, 1.807) is 18.5 Å². The Labute approximate surface area is 165 Å². The van der Waals surface area contributed by atoms with Gasteiger partial charge in [0.05, 0.1) is 0 Å². The van der Waals surface area contributed by atoms with Gasteiger partial charge in [-0.3, -0.25) is 9.78 Å². The van der Waals surface area contributed by atoms with Crippen molar-refractivity contribution in [3.8, 4) is 28.4 Å². The van der Waals surface area contributed by atoms with Crippen molar-refractivity contribution in [2.24, 2.45) is 7.05 Å². The fourth-order valence-corrected chi connectivity index (χ4v) is 3.77. The van der Waals surface area contributed by atoms with E-state index in [0.717, 1.165) is 33.7 Å². The number of ketones is 1. The second-order valence-electron chi connectivity index (χ2n) is 6.91. The molecule has 0 spiro atoms. The van der Waals surface area contributed by atoms with Crippen LogP contribution in [0, 0.1) is 0 Å². The first-order chi connectivity index (χ1) is 14.0. The lowest BCUT2D eigenvalue weighted by Gasteiger charge is -2.05. The van der Waals surface area contributed by atoms with E-state index in [1.165, 1.54) is 6.07 Å². The maximum absolute atomic E-state index is 12.8.